The van der Waals surface area contributed by atoms with E-state index < -0.39 is 0 Å². The fourth-order valence-corrected chi connectivity index (χ4v) is 1.72. The van der Waals surface area contributed by atoms with Gasteiger partial charge in [0.15, 0.2) is 0 Å². The van der Waals surface area contributed by atoms with Crippen molar-refractivity contribution in [1.29, 1.82) is 5.41 Å². The van der Waals surface area contributed by atoms with Gasteiger partial charge in [-0.2, -0.15) is 0 Å². The van der Waals surface area contributed by atoms with Crippen LogP contribution in [0.3, 0.4) is 0 Å². The molecule has 0 amide bonds. The summed E-state index contributed by atoms with van der Waals surface area (Å²) < 4.78 is 5.99. The first-order valence-corrected chi connectivity index (χ1v) is 4.56. The summed E-state index contributed by atoms with van der Waals surface area (Å²) in [6.07, 6.45) is 3.07. The molecule has 9 heavy (non-hydrogen) atoms. The molecule has 1 aliphatic rings. The molecule has 0 aromatic carbocycles. The zero-order valence-electron chi connectivity index (χ0n) is 4.63. The highest BCUT2D eigenvalue weighted by molar-refractivity contribution is 14.2. The summed E-state index contributed by atoms with van der Waals surface area (Å²) in [6, 6.07) is 0. The molecule has 0 saturated heterocycles. The number of halogens is 1. The maximum absolute atomic E-state index is 6.87. The highest BCUT2D eigenvalue weighted by Crippen LogP contribution is 2.05. The molecule has 0 fully saturated rings. The Kier molecular flexibility index (Phi) is 2.10. The maximum atomic E-state index is 6.87. The van der Waals surface area contributed by atoms with Crippen molar-refractivity contribution < 1.29 is 0 Å². The fourth-order valence-electron chi connectivity index (χ4n) is 0.433. The van der Waals surface area contributed by atoms with Crippen molar-refractivity contribution in [3.8, 4) is 0 Å². The third kappa shape index (κ3) is 1.44. The molecule has 1 aliphatic heterocycles. The van der Waals surface area contributed by atoms with Gasteiger partial charge in [-0.25, -0.2) is 3.21 Å². The Morgan fingerprint density at radius 2 is 2.56 bits per heavy atom. The van der Waals surface area contributed by atoms with Crippen LogP contribution in [0, 0.1) is 5.41 Å². The lowest BCUT2D eigenvalue weighted by Gasteiger charge is -1.98. The first-order chi connectivity index (χ1) is 4.34. The third-order valence-electron chi connectivity index (χ3n) is 0.890. The van der Waals surface area contributed by atoms with E-state index in [0.29, 0.717) is 5.84 Å². The van der Waals surface area contributed by atoms with E-state index in [1.165, 1.54) is 6.21 Å². The molecular formula is C5H6IN3. The van der Waals surface area contributed by atoms with Crippen molar-refractivity contribution in [2.24, 2.45) is 8.94 Å². The summed E-state index contributed by atoms with van der Waals surface area (Å²) in [5.74, 6) is 0.514. The lowest BCUT2D eigenvalue weighted by atomic mass is 10.2. The molecule has 0 aliphatic carbocycles. The Morgan fingerprint density at radius 1 is 1.78 bits per heavy atom. The number of hydrogen-bond acceptors (Lipinski definition) is 3. The zero-order valence-corrected chi connectivity index (χ0v) is 6.79. The van der Waals surface area contributed by atoms with Crippen LogP contribution in [0.1, 0.15) is 0 Å². The van der Waals surface area contributed by atoms with Gasteiger partial charge in [0.2, 0.25) is 0 Å². The van der Waals surface area contributed by atoms with Crippen LogP contribution >= 0.6 is 21.0 Å². The second kappa shape index (κ2) is 2.86. The van der Waals surface area contributed by atoms with Gasteiger partial charge in [-0.3, -0.25) is 0 Å². The number of amidine groups is 1. The Hall–Kier alpha value is -0.520. The number of nitrogens with two attached hydrogens (primary N) is 1. The predicted molar refractivity (Wildman–Crippen MR) is 48.6 cm³/mol. The quantitative estimate of drug-likeness (QED) is 0.508. The molecule has 1 rings (SSSR count). The smallest absolute Gasteiger partial charge is 0.138 e. The Morgan fingerprint density at radius 3 is 3.00 bits per heavy atom. The van der Waals surface area contributed by atoms with Crippen LogP contribution in [-0.2, 0) is 0 Å². The van der Waals surface area contributed by atoms with Crippen LogP contribution in [0.25, 0.3) is 0 Å². The molecule has 0 atom stereocenters. The average molecular weight is 235 g/mol. The Balaban J connectivity index is 2.96. The molecule has 3 nitrogen and oxygen atoms in total. The van der Waals surface area contributed by atoms with Gasteiger partial charge in [-0.15, -0.1) is 0 Å². The van der Waals surface area contributed by atoms with E-state index in [1.807, 2.05) is 10.1 Å². The lowest BCUT2D eigenvalue weighted by molar-refractivity contribution is 1.55. The normalized spacial score (nSPS) is 17.3. The molecule has 48 valence electrons. The van der Waals surface area contributed by atoms with E-state index in [4.69, 9.17) is 11.1 Å². The van der Waals surface area contributed by atoms with Crippen LogP contribution in [-0.4, -0.2) is 16.1 Å². The van der Waals surface area contributed by atoms with Gasteiger partial charge >= 0.3 is 0 Å². The molecule has 0 unspecified atom stereocenters. The lowest BCUT2D eigenvalue weighted by Crippen LogP contribution is -2.15. The summed E-state index contributed by atoms with van der Waals surface area (Å²) >= 11 is -0.201. The van der Waals surface area contributed by atoms with Crippen LogP contribution in [0.5, 0.6) is 0 Å². The number of nitrogens with one attached hydrogen (secondary N) is 1. The molecule has 0 aromatic heterocycles. The van der Waals surface area contributed by atoms with Gasteiger partial charge in [0.05, 0.1) is 0 Å². The Labute approximate surface area is 63.3 Å². The van der Waals surface area contributed by atoms with Crippen molar-refractivity contribution in [2.75, 3.05) is 0 Å². The number of rotatable bonds is 1. The SMILES string of the molecule is N=CC1=CC=IN=C1N. The van der Waals surface area contributed by atoms with E-state index in [1.54, 1.807) is 0 Å². The van der Waals surface area contributed by atoms with Crippen LogP contribution in [0.2, 0.25) is 0 Å². The summed E-state index contributed by atoms with van der Waals surface area (Å²) in [4.78, 5) is 0. The molecule has 0 bridgehead atoms. The summed E-state index contributed by atoms with van der Waals surface area (Å²) in [5, 5.41) is 6.87. The molecule has 0 aromatic rings. The second-order valence-electron chi connectivity index (χ2n) is 1.46. The van der Waals surface area contributed by atoms with Crippen molar-refractivity contribution in [1.82, 2.24) is 0 Å². The molecule has 0 spiro atoms. The number of allylic oxidation sites excluding steroid dienone is 1. The van der Waals surface area contributed by atoms with Gasteiger partial charge < -0.3 is 11.1 Å². The van der Waals surface area contributed by atoms with E-state index in [2.05, 4.69) is 3.21 Å². The number of hydrogen-bond donors (Lipinski definition) is 2. The first-order valence-electron chi connectivity index (χ1n) is 2.35. The first kappa shape index (κ1) is 6.60. The standard InChI is InChI=1S/C5H6IN3/c7-3-4-1-2-6-9-5(4)8/h1-3,7H,(H2,8,9). The van der Waals surface area contributed by atoms with Crippen molar-refractivity contribution in [3.63, 3.8) is 0 Å². The van der Waals surface area contributed by atoms with Crippen LogP contribution in [0.4, 0.5) is 0 Å². The third-order valence-corrected chi connectivity index (χ3v) is 2.37. The van der Waals surface area contributed by atoms with Gasteiger partial charge in [-0.1, -0.05) is 0 Å². The van der Waals surface area contributed by atoms with Crippen LogP contribution < -0.4 is 5.73 Å². The summed E-state index contributed by atoms with van der Waals surface area (Å²) in [6.45, 7) is 0. The molecule has 1 heterocycles. The largest absolute Gasteiger partial charge is 0.383 e. The fraction of sp³-hybridized carbons (Fsp3) is 0. The molecule has 4 heteroatoms. The zero-order chi connectivity index (χ0) is 6.69. The minimum Gasteiger partial charge on any atom is -0.383 e. The summed E-state index contributed by atoms with van der Waals surface area (Å²) in [5.41, 5.74) is 6.15. The minimum atomic E-state index is -0.201. The molecule has 0 radical (unpaired) electrons. The van der Waals surface area contributed by atoms with Gasteiger partial charge in [0.25, 0.3) is 0 Å². The number of nitrogens with zero attached hydrogens (tertiary/aromatic N) is 1. The highest BCUT2D eigenvalue weighted by Gasteiger charge is 1.98. The van der Waals surface area contributed by atoms with Crippen molar-refractivity contribution >= 4 is 37.1 Å². The minimum absolute atomic E-state index is 0.201. The van der Waals surface area contributed by atoms with E-state index in [-0.39, 0.29) is 21.0 Å². The van der Waals surface area contributed by atoms with Crippen LogP contribution in [0.15, 0.2) is 14.9 Å². The Bertz CT molecular complexity index is 214. The van der Waals surface area contributed by atoms with Gasteiger partial charge in [0.1, 0.15) is 5.84 Å². The monoisotopic (exact) mass is 235 g/mol. The van der Waals surface area contributed by atoms with Crippen molar-refractivity contribution in [3.05, 3.63) is 11.6 Å². The topological polar surface area (TPSA) is 62.2 Å². The molecule has 3 N–H and O–H groups in total. The highest BCUT2D eigenvalue weighted by atomic mass is 127. The second-order valence-corrected chi connectivity index (χ2v) is 3.22. The van der Waals surface area contributed by atoms with E-state index >= 15 is 0 Å². The molecular weight excluding hydrogens is 229 g/mol. The predicted octanol–water partition coefficient (Wildman–Crippen LogP) is 0.621. The van der Waals surface area contributed by atoms with Gasteiger partial charge in [0, 0.05) is 32.8 Å². The molecule has 0 saturated carbocycles. The van der Waals surface area contributed by atoms with Gasteiger partial charge in [-0.05, 0) is 10.1 Å². The van der Waals surface area contributed by atoms with Crippen molar-refractivity contribution in [2.45, 2.75) is 0 Å². The average Bonchev–Trinajstić information content (AvgIpc) is 1.89. The van der Waals surface area contributed by atoms with E-state index in [0.717, 1.165) is 5.57 Å². The van der Waals surface area contributed by atoms with E-state index in [9.17, 15) is 0 Å². The summed E-state index contributed by atoms with van der Waals surface area (Å²) in [7, 11) is 0. The maximum Gasteiger partial charge on any atom is 0.138 e.